The molecule has 0 aromatic rings. The van der Waals surface area contributed by atoms with Crippen LogP contribution >= 0.6 is 12.2 Å². The van der Waals surface area contributed by atoms with E-state index in [-0.39, 0.29) is 11.9 Å². The van der Waals surface area contributed by atoms with Gasteiger partial charge in [0, 0.05) is 0 Å². The van der Waals surface area contributed by atoms with Crippen LogP contribution in [0.1, 0.15) is 13.8 Å². The highest BCUT2D eigenvalue weighted by Gasteiger charge is 2.06. The van der Waals surface area contributed by atoms with Crippen LogP contribution in [-0.4, -0.2) is 11.5 Å². The van der Waals surface area contributed by atoms with Gasteiger partial charge in [-0.2, -0.15) is 0 Å². The van der Waals surface area contributed by atoms with E-state index in [1.54, 1.807) is 13.8 Å². The Bertz CT molecular complexity index is 114. The van der Waals surface area contributed by atoms with E-state index in [0.717, 1.165) is 5.49 Å². The second kappa shape index (κ2) is 4.26. The molecule has 0 aromatic heterocycles. The average molecular weight is 147 g/mol. The minimum atomic E-state index is -0.309. The van der Waals surface area contributed by atoms with Crippen LogP contribution in [0, 0.1) is 5.92 Å². The predicted molar refractivity (Wildman–Crippen MR) is 37.7 cm³/mol. The van der Waals surface area contributed by atoms with Crippen LogP contribution in [0.4, 0.5) is 0 Å². The molecule has 0 saturated carbocycles. The lowest BCUT2D eigenvalue weighted by Crippen LogP contribution is -2.20. The molecule has 0 saturated heterocycles. The van der Waals surface area contributed by atoms with E-state index in [0.29, 0.717) is 0 Å². The first-order valence-electron chi connectivity index (χ1n) is 2.58. The lowest BCUT2D eigenvalue weighted by Gasteiger charge is -2.02. The molecule has 1 N–H and O–H groups in total. The summed E-state index contributed by atoms with van der Waals surface area (Å²) in [6.07, 6.45) is 0. The third kappa shape index (κ3) is 3.90. The van der Waals surface area contributed by atoms with Crippen molar-refractivity contribution in [3.8, 4) is 0 Å². The summed E-state index contributed by atoms with van der Waals surface area (Å²) in [4.78, 5) is 15.0. The Labute approximate surface area is 59.3 Å². The van der Waals surface area contributed by atoms with Crippen LogP contribution in [0.25, 0.3) is 0 Å². The highest BCUT2D eigenvalue weighted by molar-refractivity contribution is 7.78. The van der Waals surface area contributed by atoms with Crippen molar-refractivity contribution >= 4 is 23.7 Å². The molecule has 0 rings (SSSR count). The summed E-state index contributed by atoms with van der Waals surface area (Å²) in [5, 5.41) is 0. The van der Waals surface area contributed by atoms with Crippen LogP contribution in [0.3, 0.4) is 0 Å². The quantitative estimate of drug-likeness (QED) is 0.470. The summed E-state index contributed by atoms with van der Waals surface area (Å²) in [6.45, 7) is 3.49. The number of hydrogen-bond acceptors (Lipinski definition) is 3. The van der Waals surface area contributed by atoms with Gasteiger partial charge in [-0.3, -0.25) is 0 Å². The van der Waals surface area contributed by atoms with Gasteiger partial charge in [0.15, 0.2) is 0 Å². The number of nitrogens with one attached hydrogen (secondary N) is 1. The van der Waals surface area contributed by atoms with Crippen molar-refractivity contribution < 1.29 is 9.63 Å². The number of hydroxylamine groups is 1. The standard InChI is InChI=1S/C5H9NO2S/c1-4(2)5(7)8-6-3-9/h3-4H,1-2H3,(H,6,9). The van der Waals surface area contributed by atoms with Crippen LogP contribution in [0.2, 0.25) is 0 Å². The molecule has 0 aliphatic rings. The van der Waals surface area contributed by atoms with Gasteiger partial charge in [-0.05, 0) is 0 Å². The molecule has 0 atom stereocenters. The molecule has 0 aliphatic heterocycles. The van der Waals surface area contributed by atoms with Gasteiger partial charge < -0.3 is 4.84 Å². The first kappa shape index (κ1) is 8.36. The Morgan fingerprint density at radius 3 is 2.67 bits per heavy atom. The van der Waals surface area contributed by atoms with E-state index in [1.165, 1.54) is 0 Å². The topological polar surface area (TPSA) is 38.3 Å². The Hall–Kier alpha value is -0.640. The van der Waals surface area contributed by atoms with Crippen LogP contribution in [-0.2, 0) is 9.63 Å². The van der Waals surface area contributed by atoms with Gasteiger partial charge in [-0.25, -0.2) is 10.3 Å². The minimum absolute atomic E-state index is 0.118. The van der Waals surface area contributed by atoms with Crippen molar-refractivity contribution in [3.05, 3.63) is 0 Å². The molecule has 3 nitrogen and oxygen atoms in total. The molecule has 0 radical (unpaired) electrons. The second-order valence-electron chi connectivity index (χ2n) is 1.81. The maximum atomic E-state index is 10.6. The maximum Gasteiger partial charge on any atom is 0.334 e. The van der Waals surface area contributed by atoms with Crippen LogP contribution < -0.4 is 5.48 Å². The van der Waals surface area contributed by atoms with E-state index in [4.69, 9.17) is 0 Å². The van der Waals surface area contributed by atoms with Crippen molar-refractivity contribution in [1.29, 1.82) is 0 Å². The third-order valence-electron chi connectivity index (χ3n) is 0.679. The summed E-state index contributed by atoms with van der Waals surface area (Å²) in [5.41, 5.74) is 3.31. The van der Waals surface area contributed by atoms with Gasteiger partial charge in [0.2, 0.25) is 0 Å². The number of rotatable bonds is 3. The SMILES string of the molecule is CC(C)C(=O)ONC=S. The lowest BCUT2D eigenvalue weighted by molar-refractivity contribution is -0.151. The van der Waals surface area contributed by atoms with Gasteiger partial charge in [0.05, 0.1) is 11.4 Å². The Morgan fingerprint density at radius 2 is 2.33 bits per heavy atom. The van der Waals surface area contributed by atoms with Crippen molar-refractivity contribution in [3.63, 3.8) is 0 Å². The molecule has 0 heterocycles. The summed E-state index contributed by atoms with van der Waals surface area (Å²) in [7, 11) is 0. The zero-order chi connectivity index (χ0) is 7.28. The normalized spacial score (nSPS) is 8.78. The van der Waals surface area contributed by atoms with E-state index >= 15 is 0 Å². The first-order valence-corrected chi connectivity index (χ1v) is 3.05. The predicted octanol–water partition coefficient (Wildman–Crippen LogP) is 0.647. The lowest BCUT2D eigenvalue weighted by atomic mass is 10.2. The van der Waals surface area contributed by atoms with Crippen LogP contribution in [0.15, 0.2) is 0 Å². The number of carbonyl (C=O) groups is 1. The van der Waals surface area contributed by atoms with Crippen LogP contribution in [0.5, 0.6) is 0 Å². The van der Waals surface area contributed by atoms with E-state index in [1.807, 2.05) is 0 Å². The van der Waals surface area contributed by atoms with Gasteiger partial charge in [0.1, 0.15) is 0 Å². The Morgan fingerprint density at radius 1 is 1.78 bits per heavy atom. The molecule has 0 aliphatic carbocycles. The Kier molecular flexibility index (Phi) is 3.96. The highest BCUT2D eigenvalue weighted by atomic mass is 32.1. The smallest absolute Gasteiger partial charge is 0.334 e. The molecule has 52 valence electrons. The minimum Gasteiger partial charge on any atom is -0.343 e. The average Bonchev–Trinajstić information content (AvgIpc) is 1.82. The zero-order valence-electron chi connectivity index (χ0n) is 5.38. The molecule has 0 aromatic carbocycles. The monoisotopic (exact) mass is 147 g/mol. The molecular weight excluding hydrogens is 138 g/mol. The molecular formula is C5H9NO2S. The molecule has 0 unspecified atom stereocenters. The summed E-state index contributed by atoms with van der Waals surface area (Å²) in [5.74, 6) is -0.427. The molecule has 0 amide bonds. The summed E-state index contributed by atoms with van der Waals surface area (Å²) in [6, 6.07) is 0. The van der Waals surface area contributed by atoms with Crippen molar-refractivity contribution in [1.82, 2.24) is 5.48 Å². The highest BCUT2D eigenvalue weighted by Crippen LogP contribution is 1.92. The fourth-order valence-corrected chi connectivity index (χ4v) is 0.248. The summed E-state index contributed by atoms with van der Waals surface area (Å²) < 4.78 is 0. The molecule has 0 spiro atoms. The number of hydrogen-bond donors (Lipinski definition) is 1. The van der Waals surface area contributed by atoms with Gasteiger partial charge in [-0.1, -0.05) is 26.1 Å². The molecule has 0 bridgehead atoms. The van der Waals surface area contributed by atoms with E-state index < -0.39 is 0 Å². The third-order valence-corrected chi connectivity index (χ3v) is 0.775. The summed E-state index contributed by atoms with van der Waals surface area (Å²) >= 11 is 4.34. The van der Waals surface area contributed by atoms with Crippen molar-refractivity contribution in [2.75, 3.05) is 0 Å². The van der Waals surface area contributed by atoms with E-state index in [9.17, 15) is 4.79 Å². The Balaban J connectivity index is 3.38. The first-order chi connectivity index (χ1) is 4.18. The fraction of sp³-hybridized carbons (Fsp3) is 0.600. The molecule has 9 heavy (non-hydrogen) atoms. The fourth-order valence-electron chi connectivity index (χ4n) is 0.200. The zero-order valence-corrected chi connectivity index (χ0v) is 6.20. The van der Waals surface area contributed by atoms with Gasteiger partial charge in [0.25, 0.3) is 0 Å². The maximum absolute atomic E-state index is 10.6. The number of carbonyl (C=O) groups excluding carboxylic acids is 1. The molecule has 0 fully saturated rings. The number of thiocarbonyl (C=S) groups is 1. The molecule has 4 heteroatoms. The van der Waals surface area contributed by atoms with Crippen molar-refractivity contribution in [2.24, 2.45) is 5.92 Å². The van der Waals surface area contributed by atoms with Gasteiger partial charge >= 0.3 is 5.97 Å². The largest absolute Gasteiger partial charge is 0.343 e. The van der Waals surface area contributed by atoms with E-state index in [2.05, 4.69) is 22.5 Å². The van der Waals surface area contributed by atoms with Crippen molar-refractivity contribution in [2.45, 2.75) is 13.8 Å². The van der Waals surface area contributed by atoms with Gasteiger partial charge in [-0.15, -0.1) is 0 Å². The second-order valence-corrected chi connectivity index (χ2v) is 2.05.